The lowest BCUT2D eigenvalue weighted by molar-refractivity contribution is -0.128. The Morgan fingerprint density at radius 3 is 2.31 bits per heavy atom. The van der Waals surface area contributed by atoms with Crippen molar-refractivity contribution in [1.29, 1.82) is 0 Å². The number of nitrogens with two attached hydrogens (primary N) is 3. The molecule has 5 aromatic rings. The van der Waals surface area contributed by atoms with E-state index in [1.807, 2.05) is 32.0 Å². The number of nitrogens with one attached hydrogen (secondary N) is 3. The molecule has 1 fully saturated rings. The summed E-state index contributed by atoms with van der Waals surface area (Å²) in [6.45, 7) is 7.76. The van der Waals surface area contributed by atoms with Crippen molar-refractivity contribution in [3.05, 3.63) is 95.3 Å². The minimum absolute atomic E-state index is 0.0541. The third kappa shape index (κ3) is 12.2. The van der Waals surface area contributed by atoms with Crippen LogP contribution in [0.15, 0.2) is 72.8 Å². The molecular formula is C46H60N10O5. The summed E-state index contributed by atoms with van der Waals surface area (Å²) in [5, 5.41) is 9.10. The van der Waals surface area contributed by atoms with Gasteiger partial charge >= 0.3 is 12.1 Å². The van der Waals surface area contributed by atoms with Crippen molar-refractivity contribution in [1.82, 2.24) is 30.1 Å². The number of hydrogen-bond donors (Lipinski definition) is 6. The molecule has 15 nitrogen and oxygen atoms in total. The Hall–Kier alpha value is -6.22. The van der Waals surface area contributed by atoms with Crippen LogP contribution >= 0.6 is 0 Å². The molecule has 5 amide bonds. The number of nitrogen functional groups attached to an aromatic ring is 1. The summed E-state index contributed by atoms with van der Waals surface area (Å²) in [4.78, 5) is 62.0. The van der Waals surface area contributed by atoms with Gasteiger partial charge in [0.1, 0.15) is 24.0 Å². The van der Waals surface area contributed by atoms with Crippen LogP contribution in [0.3, 0.4) is 0 Å². The molecule has 2 heterocycles. The van der Waals surface area contributed by atoms with Gasteiger partial charge in [0.15, 0.2) is 5.82 Å². The number of urea groups is 1. The fourth-order valence-corrected chi connectivity index (χ4v) is 7.24. The van der Waals surface area contributed by atoms with E-state index < -0.39 is 36.0 Å². The van der Waals surface area contributed by atoms with E-state index >= 15 is 0 Å². The Kier molecular flexibility index (Phi) is 15.1. The van der Waals surface area contributed by atoms with E-state index in [-0.39, 0.29) is 25.5 Å². The van der Waals surface area contributed by atoms with Crippen molar-refractivity contribution < 1.29 is 23.9 Å². The van der Waals surface area contributed by atoms with Gasteiger partial charge in [0.05, 0.1) is 17.1 Å². The summed E-state index contributed by atoms with van der Waals surface area (Å²) in [5.74, 6) is 1.08. The Labute approximate surface area is 357 Å². The van der Waals surface area contributed by atoms with Crippen molar-refractivity contribution in [2.75, 3.05) is 24.1 Å². The van der Waals surface area contributed by atoms with Gasteiger partial charge in [0.25, 0.3) is 0 Å². The van der Waals surface area contributed by atoms with Crippen molar-refractivity contribution >= 4 is 57.4 Å². The number of hydrogen-bond acceptors (Lipinski definition) is 9. The molecule has 0 saturated heterocycles. The third-order valence-electron chi connectivity index (χ3n) is 11.1. The first-order valence-corrected chi connectivity index (χ1v) is 21.4. The maximum Gasteiger partial charge on any atom is 0.410 e. The first kappa shape index (κ1) is 44.3. The molecule has 0 unspecified atom stereocenters. The minimum Gasteiger partial charge on any atom is -0.445 e. The standard InChI is InChI=1S/C46H60N10O5/c1-4-5-12-38-54-40-41(35-9-6-7-10-36(35)52-42(40)48)56(38)27-32-17-15-31(16-18-32)26-55(25-23-30-13-14-30)46(60)61-28-33-19-21-34(22-20-33)51-43(57)37(11-8-24-50-45(49)59)53-44(58)39(47)29(2)3/h6-7,9-10,15-22,29-30,37,39H,4-5,8,11-14,23-28,47H2,1-3H3,(H2,48,52)(H,51,57)(H,53,58)(H3,49,50,59)/t37-,39-/m0/s1. The fourth-order valence-electron chi connectivity index (χ4n) is 7.24. The van der Waals surface area contributed by atoms with Gasteiger partial charge in [-0.15, -0.1) is 0 Å². The number of benzene rings is 3. The van der Waals surface area contributed by atoms with Crippen molar-refractivity contribution in [2.45, 2.75) is 104 Å². The van der Waals surface area contributed by atoms with Crippen LogP contribution in [0.4, 0.5) is 21.1 Å². The summed E-state index contributed by atoms with van der Waals surface area (Å²) in [6.07, 6.45) is 6.47. The number of carbonyl (C=O) groups is 4. The predicted octanol–water partition coefficient (Wildman–Crippen LogP) is 6.35. The molecule has 2 aromatic heterocycles. The number of aryl methyl sites for hydroxylation is 1. The molecule has 2 atom stereocenters. The van der Waals surface area contributed by atoms with E-state index in [4.69, 9.17) is 26.9 Å². The highest BCUT2D eigenvalue weighted by Crippen LogP contribution is 2.33. The Morgan fingerprint density at radius 1 is 0.918 bits per heavy atom. The zero-order valence-corrected chi connectivity index (χ0v) is 35.5. The van der Waals surface area contributed by atoms with E-state index in [2.05, 4.69) is 62.8 Å². The van der Waals surface area contributed by atoms with Gasteiger partial charge in [0.2, 0.25) is 11.8 Å². The van der Waals surface area contributed by atoms with Gasteiger partial charge in [-0.05, 0) is 72.4 Å². The Bertz CT molecular complexity index is 2290. The molecule has 9 N–H and O–H groups in total. The van der Waals surface area contributed by atoms with Gasteiger partial charge < -0.3 is 47.4 Å². The number of imidazole rings is 1. The van der Waals surface area contributed by atoms with Crippen LogP contribution in [0, 0.1) is 11.8 Å². The molecule has 0 spiro atoms. The van der Waals surface area contributed by atoms with Crippen molar-refractivity contribution in [3.8, 4) is 0 Å². The second-order valence-electron chi connectivity index (χ2n) is 16.4. The van der Waals surface area contributed by atoms with Crippen LogP contribution in [0.1, 0.15) is 88.2 Å². The molecule has 324 valence electrons. The average molecular weight is 833 g/mol. The quantitative estimate of drug-likeness (QED) is 0.0452. The van der Waals surface area contributed by atoms with E-state index in [0.29, 0.717) is 43.5 Å². The number of pyridine rings is 1. The van der Waals surface area contributed by atoms with E-state index in [1.165, 1.54) is 12.8 Å². The second-order valence-corrected chi connectivity index (χ2v) is 16.4. The smallest absolute Gasteiger partial charge is 0.410 e. The lowest BCUT2D eigenvalue weighted by Crippen LogP contribution is -2.51. The van der Waals surface area contributed by atoms with Crippen LogP contribution < -0.4 is 33.2 Å². The number of rotatable bonds is 21. The van der Waals surface area contributed by atoms with Crippen LogP contribution in [0.5, 0.6) is 0 Å². The van der Waals surface area contributed by atoms with Crippen LogP contribution in [-0.4, -0.2) is 68.5 Å². The maximum absolute atomic E-state index is 13.6. The van der Waals surface area contributed by atoms with Crippen LogP contribution in [-0.2, 0) is 40.4 Å². The highest BCUT2D eigenvalue weighted by molar-refractivity contribution is 6.06. The average Bonchev–Trinajstić information content (AvgIpc) is 4.01. The molecule has 6 rings (SSSR count). The summed E-state index contributed by atoms with van der Waals surface area (Å²) in [7, 11) is 0. The van der Waals surface area contributed by atoms with Crippen molar-refractivity contribution in [3.63, 3.8) is 0 Å². The van der Waals surface area contributed by atoms with Gasteiger partial charge in [-0.25, -0.2) is 19.6 Å². The van der Waals surface area contributed by atoms with Crippen LogP contribution in [0.25, 0.3) is 21.9 Å². The summed E-state index contributed by atoms with van der Waals surface area (Å²) in [6, 6.07) is 21.1. The largest absolute Gasteiger partial charge is 0.445 e. The first-order chi connectivity index (χ1) is 29.4. The van der Waals surface area contributed by atoms with Crippen molar-refractivity contribution in [2.24, 2.45) is 23.3 Å². The SMILES string of the molecule is CCCCc1nc2c(N)nc3ccccc3c2n1Cc1ccc(CN(CCC2CC2)C(=O)OCc2ccc(NC(=O)[C@H](CCCNC(N)=O)NC(=O)[C@@H](N)C(C)C)cc2)cc1. The molecule has 0 radical (unpaired) electrons. The van der Waals surface area contributed by atoms with Gasteiger partial charge in [-0.2, -0.15) is 0 Å². The number of primary amides is 1. The number of unbranched alkanes of at least 4 members (excludes halogenated alkanes) is 1. The zero-order chi connectivity index (χ0) is 43.5. The summed E-state index contributed by atoms with van der Waals surface area (Å²) < 4.78 is 8.11. The summed E-state index contributed by atoms with van der Waals surface area (Å²) >= 11 is 0. The van der Waals surface area contributed by atoms with Gasteiger partial charge in [-0.3, -0.25) is 9.59 Å². The monoisotopic (exact) mass is 832 g/mol. The first-order valence-electron chi connectivity index (χ1n) is 21.4. The van der Waals surface area contributed by atoms with E-state index in [0.717, 1.165) is 70.1 Å². The predicted molar refractivity (Wildman–Crippen MR) is 238 cm³/mol. The second kappa shape index (κ2) is 20.8. The number of nitrogens with zero attached hydrogens (tertiary/aromatic N) is 4. The number of para-hydroxylation sites is 1. The Morgan fingerprint density at radius 2 is 1.62 bits per heavy atom. The van der Waals surface area contributed by atoms with Crippen LogP contribution in [0.2, 0.25) is 0 Å². The highest BCUT2D eigenvalue weighted by atomic mass is 16.6. The van der Waals surface area contributed by atoms with E-state index in [9.17, 15) is 19.2 Å². The molecule has 3 aromatic carbocycles. The number of amides is 5. The normalized spacial score (nSPS) is 13.5. The van der Waals surface area contributed by atoms with Gasteiger partial charge in [-0.1, -0.05) is 94.6 Å². The number of carbonyl (C=O) groups excluding carboxylic acids is 4. The van der Waals surface area contributed by atoms with Gasteiger partial charge in [0, 0.05) is 43.7 Å². The highest BCUT2D eigenvalue weighted by Gasteiger charge is 2.26. The molecule has 1 aliphatic carbocycles. The fraction of sp³-hybridized carbons (Fsp3) is 0.435. The Balaban J connectivity index is 1.08. The zero-order valence-electron chi connectivity index (χ0n) is 35.5. The molecule has 0 bridgehead atoms. The molecular weight excluding hydrogens is 773 g/mol. The molecule has 0 aliphatic heterocycles. The molecule has 1 saturated carbocycles. The number of fused-ring (bicyclic) bond motifs is 3. The third-order valence-corrected chi connectivity index (χ3v) is 11.1. The molecule has 15 heteroatoms. The minimum atomic E-state index is -0.885. The number of aromatic nitrogens is 3. The topological polar surface area (TPSA) is 226 Å². The lowest BCUT2D eigenvalue weighted by atomic mass is 10.0. The summed E-state index contributed by atoms with van der Waals surface area (Å²) in [5.41, 5.74) is 23.5. The maximum atomic E-state index is 13.6. The lowest BCUT2D eigenvalue weighted by Gasteiger charge is -2.23. The number of anilines is 2. The molecule has 1 aliphatic rings. The van der Waals surface area contributed by atoms with E-state index in [1.54, 1.807) is 29.2 Å². The number of ether oxygens (including phenoxy) is 1. The molecule has 61 heavy (non-hydrogen) atoms.